The number of aromatic nitrogens is 3. The fourth-order valence-electron chi connectivity index (χ4n) is 3.08. The molecule has 1 atom stereocenters. The van der Waals surface area contributed by atoms with Gasteiger partial charge in [0.1, 0.15) is 0 Å². The molecule has 1 saturated heterocycles. The summed E-state index contributed by atoms with van der Waals surface area (Å²) in [5, 5.41) is 4.66. The van der Waals surface area contributed by atoms with Crippen LogP contribution in [0.25, 0.3) is 5.82 Å². The molecule has 22 heavy (non-hydrogen) atoms. The fourth-order valence-corrected chi connectivity index (χ4v) is 3.08. The largest absolute Gasteiger partial charge is 0.330 e. The monoisotopic (exact) mass is 321 g/mol. The number of halogens is 1. The average Bonchev–Trinajstić information content (AvgIpc) is 3.08. The van der Waals surface area contributed by atoms with Crippen LogP contribution in [0.3, 0.4) is 0 Å². The number of pyridine rings is 1. The van der Waals surface area contributed by atoms with Crippen molar-refractivity contribution in [1.82, 2.24) is 19.7 Å². The topological polar surface area (TPSA) is 60.0 Å². The van der Waals surface area contributed by atoms with Crippen LogP contribution in [0.15, 0.2) is 24.4 Å². The van der Waals surface area contributed by atoms with E-state index >= 15 is 0 Å². The summed E-state index contributed by atoms with van der Waals surface area (Å²) in [6.45, 7) is 8.20. The molecular weight excluding hydrogens is 298 g/mol. The van der Waals surface area contributed by atoms with Gasteiger partial charge in [-0.3, -0.25) is 4.90 Å². The van der Waals surface area contributed by atoms with Gasteiger partial charge in [0.15, 0.2) is 5.82 Å². The van der Waals surface area contributed by atoms with Crippen molar-refractivity contribution in [2.24, 2.45) is 11.7 Å². The maximum Gasteiger partial charge on any atom is 0.153 e. The summed E-state index contributed by atoms with van der Waals surface area (Å²) in [5.41, 5.74) is 9.37. The van der Waals surface area contributed by atoms with Crippen LogP contribution in [0.4, 0.5) is 0 Å². The minimum absolute atomic E-state index is 0. The Morgan fingerprint density at radius 3 is 2.77 bits per heavy atom. The van der Waals surface area contributed by atoms with Crippen LogP contribution in [-0.2, 0) is 6.54 Å². The van der Waals surface area contributed by atoms with Gasteiger partial charge in [-0.05, 0) is 51.4 Å². The summed E-state index contributed by atoms with van der Waals surface area (Å²) in [6.07, 6.45) is 3.01. The van der Waals surface area contributed by atoms with Gasteiger partial charge in [0.05, 0.1) is 5.69 Å². The molecule has 2 N–H and O–H groups in total. The standard InChI is InChI=1S/C16H23N5.ClH/c1-12-15(11-20-8-6-14(9-17)10-20)13(2)21(19-12)16-5-3-4-7-18-16;/h3-5,7,14H,6,8-11,17H2,1-2H3;1H. The molecule has 1 aliphatic rings. The van der Waals surface area contributed by atoms with E-state index in [0.717, 1.165) is 37.7 Å². The van der Waals surface area contributed by atoms with Crippen molar-refractivity contribution < 1.29 is 0 Å². The number of rotatable bonds is 4. The SMILES string of the molecule is Cc1nn(-c2ccccn2)c(C)c1CN1CCC(CN)C1.Cl. The first kappa shape index (κ1) is 16.9. The van der Waals surface area contributed by atoms with Crippen LogP contribution in [0.5, 0.6) is 0 Å². The number of likely N-dealkylation sites (tertiary alicyclic amines) is 1. The molecule has 3 rings (SSSR count). The van der Waals surface area contributed by atoms with Crippen LogP contribution < -0.4 is 5.73 Å². The third-order valence-corrected chi connectivity index (χ3v) is 4.39. The number of hydrogen-bond donors (Lipinski definition) is 1. The number of hydrogen-bond acceptors (Lipinski definition) is 4. The van der Waals surface area contributed by atoms with Crippen molar-refractivity contribution in [3.05, 3.63) is 41.3 Å². The molecule has 120 valence electrons. The van der Waals surface area contributed by atoms with Crippen LogP contribution in [-0.4, -0.2) is 39.3 Å². The molecule has 0 amide bonds. The van der Waals surface area contributed by atoms with Crippen LogP contribution in [0, 0.1) is 19.8 Å². The Bertz CT molecular complexity index is 610. The zero-order chi connectivity index (χ0) is 14.8. The molecule has 1 unspecified atom stereocenters. The lowest BCUT2D eigenvalue weighted by Gasteiger charge is -2.16. The molecule has 6 heteroatoms. The molecule has 0 spiro atoms. The molecule has 0 saturated carbocycles. The smallest absolute Gasteiger partial charge is 0.153 e. The van der Waals surface area contributed by atoms with E-state index < -0.39 is 0 Å². The Kier molecular flexibility index (Phi) is 5.56. The summed E-state index contributed by atoms with van der Waals surface area (Å²) in [6, 6.07) is 5.90. The molecular formula is C16H24ClN5. The Morgan fingerprint density at radius 1 is 1.32 bits per heavy atom. The molecule has 1 aliphatic heterocycles. The summed E-state index contributed by atoms with van der Waals surface area (Å²) in [7, 11) is 0. The third-order valence-electron chi connectivity index (χ3n) is 4.39. The second-order valence-corrected chi connectivity index (χ2v) is 5.87. The third kappa shape index (κ3) is 3.32. The predicted octanol–water partition coefficient (Wildman–Crippen LogP) is 2.09. The number of aryl methyl sites for hydroxylation is 1. The van der Waals surface area contributed by atoms with Crippen LogP contribution in [0.1, 0.15) is 23.4 Å². The highest BCUT2D eigenvalue weighted by atomic mass is 35.5. The van der Waals surface area contributed by atoms with Gasteiger partial charge < -0.3 is 5.73 Å². The van der Waals surface area contributed by atoms with Crippen molar-refractivity contribution >= 4 is 12.4 Å². The first-order valence-corrected chi connectivity index (χ1v) is 7.58. The van der Waals surface area contributed by atoms with E-state index in [1.807, 2.05) is 22.9 Å². The second kappa shape index (κ2) is 7.22. The Balaban J connectivity index is 0.00000176. The number of nitrogens with zero attached hydrogens (tertiary/aromatic N) is 4. The van der Waals surface area contributed by atoms with E-state index in [0.29, 0.717) is 5.92 Å². The number of nitrogens with two attached hydrogens (primary N) is 1. The Labute approximate surface area is 137 Å². The van der Waals surface area contributed by atoms with Gasteiger partial charge in [-0.2, -0.15) is 5.10 Å². The van der Waals surface area contributed by atoms with Gasteiger partial charge in [0.2, 0.25) is 0 Å². The summed E-state index contributed by atoms with van der Waals surface area (Å²) in [4.78, 5) is 6.88. The van der Waals surface area contributed by atoms with Crippen molar-refractivity contribution in [2.75, 3.05) is 19.6 Å². The average molecular weight is 322 g/mol. The highest BCUT2D eigenvalue weighted by Crippen LogP contribution is 2.22. The summed E-state index contributed by atoms with van der Waals surface area (Å²) >= 11 is 0. The lowest BCUT2D eigenvalue weighted by Crippen LogP contribution is -2.23. The molecule has 0 aromatic carbocycles. The highest BCUT2D eigenvalue weighted by molar-refractivity contribution is 5.85. The molecule has 0 bridgehead atoms. The normalized spacial score (nSPS) is 18.4. The Morgan fingerprint density at radius 2 is 2.14 bits per heavy atom. The lowest BCUT2D eigenvalue weighted by atomic mass is 10.1. The molecule has 3 heterocycles. The fraction of sp³-hybridized carbons (Fsp3) is 0.500. The minimum Gasteiger partial charge on any atom is -0.330 e. The van der Waals surface area contributed by atoms with Crippen molar-refractivity contribution in [3.63, 3.8) is 0 Å². The van der Waals surface area contributed by atoms with Gasteiger partial charge in [-0.1, -0.05) is 6.07 Å². The predicted molar refractivity (Wildman–Crippen MR) is 90.5 cm³/mol. The second-order valence-electron chi connectivity index (χ2n) is 5.87. The highest BCUT2D eigenvalue weighted by Gasteiger charge is 2.23. The molecule has 5 nitrogen and oxygen atoms in total. The lowest BCUT2D eigenvalue weighted by molar-refractivity contribution is 0.316. The first-order chi connectivity index (χ1) is 10.2. The molecule has 1 fully saturated rings. The van der Waals surface area contributed by atoms with Crippen LogP contribution in [0.2, 0.25) is 0 Å². The minimum atomic E-state index is 0. The summed E-state index contributed by atoms with van der Waals surface area (Å²) < 4.78 is 1.95. The molecule has 2 aromatic rings. The zero-order valence-corrected chi connectivity index (χ0v) is 14.0. The maximum atomic E-state index is 5.78. The van der Waals surface area contributed by atoms with E-state index in [4.69, 9.17) is 5.73 Å². The van der Waals surface area contributed by atoms with E-state index in [2.05, 4.69) is 28.8 Å². The van der Waals surface area contributed by atoms with E-state index in [1.54, 1.807) is 6.20 Å². The van der Waals surface area contributed by atoms with Crippen LogP contribution >= 0.6 is 12.4 Å². The van der Waals surface area contributed by atoms with E-state index in [1.165, 1.54) is 17.7 Å². The van der Waals surface area contributed by atoms with E-state index in [-0.39, 0.29) is 12.4 Å². The van der Waals surface area contributed by atoms with Gasteiger partial charge in [-0.15, -0.1) is 12.4 Å². The van der Waals surface area contributed by atoms with Gasteiger partial charge in [-0.25, -0.2) is 9.67 Å². The zero-order valence-electron chi connectivity index (χ0n) is 13.2. The van der Waals surface area contributed by atoms with Gasteiger partial charge in [0, 0.05) is 30.5 Å². The maximum absolute atomic E-state index is 5.78. The van der Waals surface area contributed by atoms with Gasteiger partial charge >= 0.3 is 0 Å². The van der Waals surface area contributed by atoms with Gasteiger partial charge in [0.25, 0.3) is 0 Å². The van der Waals surface area contributed by atoms with Crippen molar-refractivity contribution in [2.45, 2.75) is 26.8 Å². The molecule has 0 aliphatic carbocycles. The van der Waals surface area contributed by atoms with Crippen molar-refractivity contribution in [3.8, 4) is 5.82 Å². The quantitative estimate of drug-likeness (QED) is 0.936. The molecule has 2 aromatic heterocycles. The Hall–Kier alpha value is -1.43. The summed E-state index contributed by atoms with van der Waals surface area (Å²) in [5.74, 6) is 1.53. The molecule has 0 radical (unpaired) electrons. The first-order valence-electron chi connectivity index (χ1n) is 7.58. The van der Waals surface area contributed by atoms with Crippen molar-refractivity contribution in [1.29, 1.82) is 0 Å². The van der Waals surface area contributed by atoms with E-state index in [9.17, 15) is 0 Å².